The van der Waals surface area contributed by atoms with Crippen LogP contribution in [-0.4, -0.2) is 42.4 Å². The first kappa shape index (κ1) is 20.4. The highest BCUT2D eigenvalue weighted by atomic mass is 35.5. The lowest BCUT2D eigenvalue weighted by atomic mass is 10.2. The minimum Gasteiger partial charge on any atom is -0.495 e. The molecule has 0 aliphatic heterocycles. The number of rotatable bonds is 7. The number of hydrogen-bond acceptors (Lipinski definition) is 4. The van der Waals surface area contributed by atoms with Crippen molar-refractivity contribution < 1.29 is 9.47 Å². The highest BCUT2D eigenvalue weighted by Crippen LogP contribution is 2.31. The summed E-state index contributed by atoms with van der Waals surface area (Å²) >= 11 is 11.9. The third kappa shape index (κ3) is 5.06. The third-order valence-corrected chi connectivity index (χ3v) is 4.85. The lowest BCUT2D eigenvalue weighted by Gasteiger charge is -2.31. The summed E-state index contributed by atoms with van der Waals surface area (Å²) in [6.45, 7) is 5.19. The second kappa shape index (κ2) is 9.71. The Morgan fingerprint density at radius 3 is 2.73 bits per heavy atom. The zero-order valence-electron chi connectivity index (χ0n) is 15.5. The molecule has 0 aliphatic rings. The number of methoxy groups -OCH3 is 2. The van der Waals surface area contributed by atoms with Crippen molar-refractivity contribution >= 4 is 34.6 Å². The van der Waals surface area contributed by atoms with Crippen LogP contribution in [0.5, 0.6) is 5.75 Å². The molecule has 0 saturated carbocycles. The van der Waals surface area contributed by atoms with E-state index < -0.39 is 0 Å². The first-order valence-corrected chi connectivity index (χ1v) is 9.08. The van der Waals surface area contributed by atoms with Crippen molar-refractivity contribution in [2.24, 2.45) is 0 Å². The lowest BCUT2D eigenvalue weighted by molar-refractivity contribution is 0.164. The molecule has 0 saturated heterocycles. The Labute approximate surface area is 165 Å². The van der Waals surface area contributed by atoms with Crippen molar-refractivity contribution in [2.45, 2.75) is 19.9 Å². The van der Waals surface area contributed by atoms with Gasteiger partial charge in [0.1, 0.15) is 5.75 Å². The summed E-state index contributed by atoms with van der Waals surface area (Å²) in [4.78, 5) is 6.49. The second-order valence-electron chi connectivity index (χ2n) is 5.85. The molecule has 2 aromatic rings. The van der Waals surface area contributed by atoms with Gasteiger partial charge in [0.25, 0.3) is 0 Å². The SMILES string of the molecule is COCCN(C(=S)Nc1cc(C)c(Cl)cc1OC)C(C)c1ccccn1. The summed E-state index contributed by atoms with van der Waals surface area (Å²) in [6.07, 6.45) is 1.78. The first-order valence-electron chi connectivity index (χ1n) is 8.29. The molecule has 1 unspecified atom stereocenters. The Bertz CT molecular complexity index is 743. The number of nitrogens with zero attached hydrogens (tertiary/aromatic N) is 2. The van der Waals surface area contributed by atoms with Gasteiger partial charge in [0.15, 0.2) is 5.11 Å². The van der Waals surface area contributed by atoms with Crippen LogP contribution in [0.15, 0.2) is 36.5 Å². The molecular weight excluding hydrogens is 370 g/mol. The molecule has 0 bridgehead atoms. The van der Waals surface area contributed by atoms with Gasteiger partial charge >= 0.3 is 0 Å². The molecule has 0 aliphatic carbocycles. The van der Waals surface area contributed by atoms with Gasteiger partial charge in [-0.2, -0.15) is 0 Å². The molecule has 1 aromatic heterocycles. The van der Waals surface area contributed by atoms with Crippen molar-refractivity contribution in [3.8, 4) is 5.75 Å². The van der Waals surface area contributed by atoms with Crippen LogP contribution in [-0.2, 0) is 4.74 Å². The number of pyridine rings is 1. The van der Waals surface area contributed by atoms with E-state index in [4.69, 9.17) is 33.3 Å². The van der Waals surface area contributed by atoms with Crippen LogP contribution in [0.3, 0.4) is 0 Å². The van der Waals surface area contributed by atoms with E-state index in [1.54, 1.807) is 26.5 Å². The van der Waals surface area contributed by atoms with E-state index in [0.29, 0.717) is 29.0 Å². The van der Waals surface area contributed by atoms with E-state index >= 15 is 0 Å². The first-order chi connectivity index (χ1) is 12.5. The number of benzene rings is 1. The van der Waals surface area contributed by atoms with Gasteiger partial charge in [-0.1, -0.05) is 17.7 Å². The number of aromatic nitrogens is 1. The van der Waals surface area contributed by atoms with Crippen molar-refractivity contribution in [3.05, 3.63) is 52.8 Å². The van der Waals surface area contributed by atoms with Crippen LogP contribution >= 0.6 is 23.8 Å². The van der Waals surface area contributed by atoms with Crippen LogP contribution in [0.25, 0.3) is 0 Å². The van der Waals surface area contributed by atoms with Crippen LogP contribution in [0.4, 0.5) is 5.69 Å². The van der Waals surface area contributed by atoms with E-state index in [2.05, 4.69) is 17.2 Å². The van der Waals surface area contributed by atoms with Crippen LogP contribution in [0.1, 0.15) is 24.2 Å². The predicted molar refractivity (Wildman–Crippen MR) is 110 cm³/mol. The predicted octanol–water partition coefficient (Wildman–Crippen LogP) is 4.46. The molecule has 1 aromatic carbocycles. The molecule has 2 rings (SSSR count). The Balaban J connectivity index is 2.26. The van der Waals surface area contributed by atoms with Gasteiger partial charge in [-0.3, -0.25) is 4.98 Å². The number of anilines is 1. The van der Waals surface area contributed by atoms with Gasteiger partial charge in [-0.25, -0.2) is 0 Å². The van der Waals surface area contributed by atoms with Gasteiger partial charge in [0.2, 0.25) is 0 Å². The van der Waals surface area contributed by atoms with Gasteiger partial charge in [0, 0.05) is 30.9 Å². The molecule has 0 amide bonds. The van der Waals surface area contributed by atoms with Crippen molar-refractivity contribution in [3.63, 3.8) is 0 Å². The number of aryl methyl sites for hydroxylation is 1. The molecule has 140 valence electrons. The fraction of sp³-hybridized carbons (Fsp3) is 0.368. The van der Waals surface area contributed by atoms with E-state index in [1.807, 2.05) is 36.1 Å². The number of halogens is 1. The van der Waals surface area contributed by atoms with Crippen LogP contribution in [0.2, 0.25) is 5.02 Å². The Morgan fingerprint density at radius 1 is 1.35 bits per heavy atom. The fourth-order valence-corrected chi connectivity index (χ4v) is 3.07. The molecule has 1 heterocycles. The quantitative estimate of drug-likeness (QED) is 0.701. The van der Waals surface area contributed by atoms with E-state index in [1.165, 1.54) is 0 Å². The topological polar surface area (TPSA) is 46.6 Å². The summed E-state index contributed by atoms with van der Waals surface area (Å²) < 4.78 is 10.7. The van der Waals surface area contributed by atoms with Crippen molar-refractivity contribution in [2.75, 3.05) is 32.7 Å². The lowest BCUT2D eigenvalue weighted by Crippen LogP contribution is -2.39. The van der Waals surface area contributed by atoms with Crippen LogP contribution in [0, 0.1) is 6.92 Å². The number of thiocarbonyl (C=S) groups is 1. The zero-order valence-corrected chi connectivity index (χ0v) is 17.0. The largest absolute Gasteiger partial charge is 0.495 e. The monoisotopic (exact) mass is 393 g/mol. The maximum absolute atomic E-state index is 6.19. The molecule has 1 atom stereocenters. The molecule has 0 fully saturated rings. The van der Waals surface area contributed by atoms with Gasteiger partial charge < -0.3 is 19.7 Å². The van der Waals surface area contributed by atoms with E-state index in [-0.39, 0.29) is 6.04 Å². The van der Waals surface area contributed by atoms with Crippen molar-refractivity contribution in [1.29, 1.82) is 0 Å². The summed E-state index contributed by atoms with van der Waals surface area (Å²) in [6, 6.07) is 9.55. The molecule has 7 heteroatoms. The highest BCUT2D eigenvalue weighted by molar-refractivity contribution is 7.80. The molecule has 5 nitrogen and oxygen atoms in total. The molecular formula is C19H24ClN3O2S. The van der Waals surface area contributed by atoms with E-state index in [0.717, 1.165) is 16.9 Å². The third-order valence-electron chi connectivity index (χ3n) is 4.10. The minimum atomic E-state index is -0.00857. The maximum Gasteiger partial charge on any atom is 0.174 e. The van der Waals surface area contributed by atoms with Gasteiger partial charge in [-0.15, -0.1) is 0 Å². The fourth-order valence-electron chi connectivity index (χ4n) is 2.56. The number of nitrogens with one attached hydrogen (secondary N) is 1. The molecule has 0 radical (unpaired) electrons. The summed E-state index contributed by atoms with van der Waals surface area (Å²) in [5.74, 6) is 0.639. The summed E-state index contributed by atoms with van der Waals surface area (Å²) in [7, 11) is 3.28. The standard InChI is InChI=1S/C19H24ClN3O2S/c1-13-11-17(18(25-4)12-15(13)20)22-19(26)23(9-10-24-3)14(2)16-7-5-6-8-21-16/h5-8,11-12,14H,9-10H2,1-4H3,(H,22,26). The average molecular weight is 394 g/mol. The molecule has 26 heavy (non-hydrogen) atoms. The normalized spacial score (nSPS) is 11.7. The molecule has 1 N–H and O–H groups in total. The maximum atomic E-state index is 6.19. The second-order valence-corrected chi connectivity index (χ2v) is 6.64. The minimum absolute atomic E-state index is 0.00857. The number of ether oxygens (including phenoxy) is 2. The smallest absolute Gasteiger partial charge is 0.174 e. The van der Waals surface area contributed by atoms with Gasteiger partial charge in [0.05, 0.1) is 31.1 Å². The highest BCUT2D eigenvalue weighted by Gasteiger charge is 2.20. The average Bonchev–Trinajstić information content (AvgIpc) is 2.65. The number of hydrogen-bond donors (Lipinski definition) is 1. The van der Waals surface area contributed by atoms with Gasteiger partial charge in [-0.05, 0) is 49.8 Å². The zero-order chi connectivity index (χ0) is 19.1. The summed E-state index contributed by atoms with van der Waals surface area (Å²) in [5, 5.41) is 4.50. The Hall–Kier alpha value is -1.89. The Kier molecular flexibility index (Phi) is 7.63. The molecule has 0 spiro atoms. The summed E-state index contributed by atoms with van der Waals surface area (Å²) in [5.41, 5.74) is 2.65. The van der Waals surface area contributed by atoms with Crippen molar-refractivity contribution in [1.82, 2.24) is 9.88 Å². The van der Waals surface area contributed by atoms with Crippen LogP contribution < -0.4 is 10.1 Å². The van der Waals surface area contributed by atoms with E-state index in [9.17, 15) is 0 Å². The Morgan fingerprint density at radius 2 is 2.12 bits per heavy atom.